The van der Waals surface area contributed by atoms with Crippen LogP contribution in [0.4, 0.5) is 0 Å². The van der Waals surface area contributed by atoms with E-state index >= 15 is 0 Å². The Kier molecular flexibility index (Phi) is 4.39. The molecule has 3 nitrogen and oxygen atoms in total. The van der Waals surface area contributed by atoms with Crippen molar-refractivity contribution >= 4 is 0 Å². The molecule has 0 aliphatic heterocycles. The van der Waals surface area contributed by atoms with Gasteiger partial charge in [-0.05, 0) is 38.2 Å². The van der Waals surface area contributed by atoms with Gasteiger partial charge in [0, 0.05) is 18.2 Å². The van der Waals surface area contributed by atoms with Crippen molar-refractivity contribution in [1.29, 1.82) is 0 Å². The molecule has 112 valence electrons. The third kappa shape index (κ3) is 3.18. The molecule has 1 heterocycles. The second-order valence-corrected chi connectivity index (χ2v) is 6.09. The standard InChI is InChI=1S/C18H24N2O/c1-13-17(14(2)21-20-13)12-19-18-11-7-6-10-16(18)15-8-4-3-5-9-15/h3-5,8-9,16,18-19H,6-7,10-12H2,1-2H3. The molecule has 2 atom stereocenters. The maximum atomic E-state index is 5.26. The fourth-order valence-electron chi connectivity index (χ4n) is 3.46. The van der Waals surface area contributed by atoms with Gasteiger partial charge in [0.1, 0.15) is 5.76 Å². The average Bonchev–Trinajstić information content (AvgIpc) is 2.85. The van der Waals surface area contributed by atoms with Crippen LogP contribution in [0, 0.1) is 13.8 Å². The highest BCUT2D eigenvalue weighted by Gasteiger charge is 2.26. The van der Waals surface area contributed by atoms with Gasteiger partial charge >= 0.3 is 0 Å². The van der Waals surface area contributed by atoms with Gasteiger partial charge in [0.2, 0.25) is 0 Å². The zero-order valence-corrected chi connectivity index (χ0v) is 12.9. The van der Waals surface area contributed by atoms with Crippen LogP contribution in [0.2, 0.25) is 0 Å². The number of aryl methyl sites for hydroxylation is 2. The molecule has 1 aliphatic rings. The summed E-state index contributed by atoms with van der Waals surface area (Å²) in [6, 6.07) is 11.5. The van der Waals surface area contributed by atoms with Gasteiger partial charge in [-0.1, -0.05) is 48.3 Å². The van der Waals surface area contributed by atoms with Crippen molar-refractivity contribution in [2.75, 3.05) is 0 Å². The van der Waals surface area contributed by atoms with Crippen molar-refractivity contribution in [3.05, 3.63) is 52.9 Å². The topological polar surface area (TPSA) is 38.1 Å². The van der Waals surface area contributed by atoms with Crippen LogP contribution in [0.3, 0.4) is 0 Å². The molecule has 1 saturated carbocycles. The molecule has 3 rings (SSSR count). The van der Waals surface area contributed by atoms with Crippen molar-refractivity contribution < 1.29 is 4.52 Å². The van der Waals surface area contributed by atoms with E-state index in [0.29, 0.717) is 12.0 Å². The number of aromatic nitrogens is 1. The van der Waals surface area contributed by atoms with Gasteiger partial charge in [-0.25, -0.2) is 0 Å². The van der Waals surface area contributed by atoms with E-state index in [-0.39, 0.29) is 0 Å². The lowest BCUT2D eigenvalue weighted by Gasteiger charge is -2.32. The summed E-state index contributed by atoms with van der Waals surface area (Å²) in [7, 11) is 0. The monoisotopic (exact) mass is 284 g/mol. The normalized spacial score (nSPS) is 22.4. The smallest absolute Gasteiger partial charge is 0.138 e. The van der Waals surface area contributed by atoms with E-state index in [1.54, 1.807) is 0 Å². The molecule has 1 aromatic carbocycles. The average molecular weight is 284 g/mol. The number of nitrogens with one attached hydrogen (secondary N) is 1. The first-order valence-electron chi connectivity index (χ1n) is 7.96. The van der Waals surface area contributed by atoms with E-state index < -0.39 is 0 Å². The minimum atomic E-state index is 0.551. The Morgan fingerprint density at radius 1 is 1.14 bits per heavy atom. The van der Waals surface area contributed by atoms with Crippen molar-refractivity contribution in [3.8, 4) is 0 Å². The zero-order valence-electron chi connectivity index (χ0n) is 12.9. The van der Waals surface area contributed by atoms with Crippen LogP contribution in [-0.4, -0.2) is 11.2 Å². The lowest BCUT2D eigenvalue weighted by atomic mass is 9.80. The molecule has 0 bridgehead atoms. The minimum Gasteiger partial charge on any atom is -0.361 e. The van der Waals surface area contributed by atoms with E-state index in [1.165, 1.54) is 36.8 Å². The van der Waals surface area contributed by atoms with E-state index in [9.17, 15) is 0 Å². The Hall–Kier alpha value is -1.61. The van der Waals surface area contributed by atoms with Crippen LogP contribution in [0.25, 0.3) is 0 Å². The number of benzene rings is 1. The van der Waals surface area contributed by atoms with E-state index in [1.807, 2.05) is 13.8 Å². The van der Waals surface area contributed by atoms with Gasteiger partial charge in [0.25, 0.3) is 0 Å². The molecule has 3 heteroatoms. The first kappa shape index (κ1) is 14.3. The second kappa shape index (κ2) is 6.44. The maximum Gasteiger partial charge on any atom is 0.138 e. The third-order valence-electron chi connectivity index (χ3n) is 4.72. The number of hydrogen-bond donors (Lipinski definition) is 1. The van der Waals surface area contributed by atoms with E-state index in [4.69, 9.17) is 4.52 Å². The van der Waals surface area contributed by atoms with E-state index in [0.717, 1.165) is 18.0 Å². The predicted molar refractivity (Wildman–Crippen MR) is 84.3 cm³/mol. The Balaban J connectivity index is 1.70. The largest absolute Gasteiger partial charge is 0.361 e. The highest BCUT2D eigenvalue weighted by Crippen LogP contribution is 2.33. The SMILES string of the molecule is Cc1noc(C)c1CNC1CCCCC1c1ccccc1. The van der Waals surface area contributed by atoms with E-state index in [2.05, 4.69) is 40.8 Å². The Labute approximate surface area is 126 Å². The molecule has 1 N–H and O–H groups in total. The highest BCUT2D eigenvalue weighted by atomic mass is 16.5. The summed E-state index contributed by atoms with van der Waals surface area (Å²) in [5.74, 6) is 1.56. The highest BCUT2D eigenvalue weighted by molar-refractivity contribution is 5.23. The van der Waals surface area contributed by atoms with Crippen molar-refractivity contribution in [2.45, 2.75) is 58.0 Å². The second-order valence-electron chi connectivity index (χ2n) is 6.09. The molecule has 1 aliphatic carbocycles. The van der Waals surface area contributed by atoms with Crippen LogP contribution in [0.15, 0.2) is 34.9 Å². The maximum absolute atomic E-state index is 5.26. The molecular formula is C18H24N2O. The summed E-state index contributed by atoms with van der Waals surface area (Å²) in [4.78, 5) is 0. The molecular weight excluding hydrogens is 260 g/mol. The van der Waals surface area contributed by atoms with Crippen LogP contribution in [0.1, 0.15) is 54.2 Å². The predicted octanol–water partition coefficient (Wildman–Crippen LogP) is 4.11. The van der Waals surface area contributed by atoms with Gasteiger partial charge in [-0.2, -0.15) is 0 Å². The van der Waals surface area contributed by atoms with Gasteiger partial charge in [0.15, 0.2) is 0 Å². The fraction of sp³-hybridized carbons (Fsp3) is 0.500. The summed E-state index contributed by atoms with van der Waals surface area (Å²) < 4.78 is 5.26. The van der Waals surface area contributed by atoms with Gasteiger partial charge in [0.05, 0.1) is 5.69 Å². The summed E-state index contributed by atoms with van der Waals surface area (Å²) in [6.45, 7) is 4.87. The number of nitrogens with zero attached hydrogens (tertiary/aromatic N) is 1. The van der Waals surface area contributed by atoms with Gasteiger partial charge in [-0.15, -0.1) is 0 Å². The molecule has 0 amide bonds. The first-order chi connectivity index (χ1) is 10.3. The van der Waals surface area contributed by atoms with Crippen LogP contribution < -0.4 is 5.32 Å². The molecule has 1 aromatic heterocycles. The number of hydrogen-bond acceptors (Lipinski definition) is 3. The molecule has 21 heavy (non-hydrogen) atoms. The first-order valence-corrected chi connectivity index (χ1v) is 7.96. The molecule has 0 spiro atoms. The molecule has 2 unspecified atom stereocenters. The van der Waals surface area contributed by atoms with Gasteiger partial charge in [-0.3, -0.25) is 0 Å². The lowest BCUT2D eigenvalue weighted by Crippen LogP contribution is -2.37. The third-order valence-corrected chi connectivity index (χ3v) is 4.72. The fourth-order valence-corrected chi connectivity index (χ4v) is 3.46. The molecule has 2 aromatic rings. The minimum absolute atomic E-state index is 0.551. The van der Waals surface area contributed by atoms with Crippen molar-refractivity contribution in [2.24, 2.45) is 0 Å². The summed E-state index contributed by atoms with van der Waals surface area (Å²) in [5, 5.41) is 7.80. The summed E-state index contributed by atoms with van der Waals surface area (Å²) in [5.41, 5.74) is 3.69. The Bertz CT molecular complexity index is 557. The summed E-state index contributed by atoms with van der Waals surface area (Å²) >= 11 is 0. The van der Waals surface area contributed by atoms with Crippen molar-refractivity contribution in [1.82, 2.24) is 10.5 Å². The van der Waals surface area contributed by atoms with Crippen LogP contribution in [0.5, 0.6) is 0 Å². The van der Waals surface area contributed by atoms with Crippen molar-refractivity contribution in [3.63, 3.8) is 0 Å². The molecule has 1 fully saturated rings. The Morgan fingerprint density at radius 2 is 1.90 bits per heavy atom. The summed E-state index contributed by atoms with van der Waals surface area (Å²) in [6.07, 6.45) is 5.19. The molecule has 0 saturated heterocycles. The van der Waals surface area contributed by atoms with Gasteiger partial charge < -0.3 is 9.84 Å². The Morgan fingerprint density at radius 3 is 2.62 bits per heavy atom. The van der Waals surface area contributed by atoms with Crippen LogP contribution >= 0.6 is 0 Å². The zero-order chi connectivity index (χ0) is 14.7. The van der Waals surface area contributed by atoms with Crippen LogP contribution in [-0.2, 0) is 6.54 Å². The number of rotatable bonds is 4. The quantitative estimate of drug-likeness (QED) is 0.918. The molecule has 0 radical (unpaired) electrons. The lowest BCUT2D eigenvalue weighted by molar-refractivity contribution is 0.325.